The van der Waals surface area contributed by atoms with Gasteiger partial charge in [-0.05, 0) is 25.0 Å². The summed E-state index contributed by atoms with van der Waals surface area (Å²) in [6.07, 6.45) is -0.315. The highest BCUT2D eigenvalue weighted by Crippen LogP contribution is 2.21. The molecule has 1 rings (SSSR count). The van der Waals surface area contributed by atoms with Crippen LogP contribution in [0.3, 0.4) is 0 Å². The predicted molar refractivity (Wildman–Crippen MR) is 51.6 cm³/mol. The molecule has 0 heterocycles. The lowest BCUT2D eigenvalue weighted by atomic mass is 10.3. The van der Waals surface area contributed by atoms with Crippen LogP contribution in [0.1, 0.15) is 12.8 Å². The van der Waals surface area contributed by atoms with Gasteiger partial charge in [-0.25, -0.2) is 0 Å². The Bertz CT molecular complexity index is 277. The van der Waals surface area contributed by atoms with Gasteiger partial charge in [0.2, 0.25) is 0 Å². The number of hydrogen-bond acceptors (Lipinski definition) is 3. The highest BCUT2D eigenvalue weighted by molar-refractivity contribution is 5.18. The summed E-state index contributed by atoms with van der Waals surface area (Å²) in [5.74, 6) is 0. The predicted octanol–water partition coefficient (Wildman–Crippen LogP) is 0.986. The summed E-state index contributed by atoms with van der Waals surface area (Å²) in [6.45, 7) is 0.395. The van der Waals surface area contributed by atoms with Crippen LogP contribution in [0, 0.1) is 0 Å². The quantitative estimate of drug-likeness (QED) is 0.620. The normalized spacial score (nSPS) is 19.4. The molecule has 6 heteroatoms. The zero-order chi connectivity index (χ0) is 11.5. The van der Waals surface area contributed by atoms with Crippen molar-refractivity contribution in [3.05, 3.63) is 23.5 Å². The fourth-order valence-corrected chi connectivity index (χ4v) is 0.900. The van der Waals surface area contributed by atoms with Crippen molar-refractivity contribution in [3.8, 4) is 0 Å². The van der Waals surface area contributed by atoms with Crippen LogP contribution < -0.4 is 16.8 Å². The van der Waals surface area contributed by atoms with Gasteiger partial charge in [-0.2, -0.15) is 13.2 Å². The van der Waals surface area contributed by atoms with E-state index in [0.717, 1.165) is 18.9 Å². The van der Waals surface area contributed by atoms with E-state index in [1.165, 1.54) is 6.08 Å². The van der Waals surface area contributed by atoms with Crippen LogP contribution in [0.5, 0.6) is 0 Å². The minimum Gasteiger partial charge on any atom is -0.401 e. The van der Waals surface area contributed by atoms with Gasteiger partial charge in [-0.3, -0.25) is 0 Å². The van der Waals surface area contributed by atoms with Crippen LogP contribution in [0.15, 0.2) is 23.5 Å². The minimum absolute atomic E-state index is 0.342. The van der Waals surface area contributed by atoms with Crippen molar-refractivity contribution in [3.63, 3.8) is 0 Å². The second kappa shape index (κ2) is 4.57. The number of allylic oxidation sites excluding steroid dienone is 3. The molecule has 0 unspecified atom stereocenters. The Morgan fingerprint density at radius 2 is 1.87 bits per heavy atom. The zero-order valence-corrected chi connectivity index (χ0v) is 8.14. The monoisotopic (exact) mass is 221 g/mol. The standard InChI is InChI=1S/C9H14F3N3/c10-9(11,12)8(14)4-1-6(13)5-15-7-2-3-7/h1,4,7,15H,2-3,5,13-14H2/b6-1-,8-4-. The van der Waals surface area contributed by atoms with Crippen LogP contribution >= 0.6 is 0 Å². The van der Waals surface area contributed by atoms with Gasteiger partial charge in [0.1, 0.15) is 5.70 Å². The number of rotatable bonds is 4. The van der Waals surface area contributed by atoms with Crippen LogP contribution in [-0.2, 0) is 0 Å². The molecule has 1 aliphatic carbocycles. The third-order valence-corrected chi connectivity index (χ3v) is 1.98. The topological polar surface area (TPSA) is 64.1 Å². The number of hydrogen-bond donors (Lipinski definition) is 3. The Morgan fingerprint density at radius 3 is 2.33 bits per heavy atom. The maximum atomic E-state index is 11.9. The molecule has 0 spiro atoms. The fraction of sp³-hybridized carbons (Fsp3) is 0.556. The van der Waals surface area contributed by atoms with Crippen molar-refractivity contribution in [2.75, 3.05) is 6.54 Å². The molecule has 0 amide bonds. The maximum Gasteiger partial charge on any atom is 0.430 e. The van der Waals surface area contributed by atoms with Gasteiger partial charge in [-0.1, -0.05) is 0 Å². The molecule has 0 radical (unpaired) electrons. The molecule has 0 atom stereocenters. The van der Waals surface area contributed by atoms with Crippen LogP contribution in [0.4, 0.5) is 13.2 Å². The van der Waals surface area contributed by atoms with Gasteiger partial charge < -0.3 is 16.8 Å². The van der Waals surface area contributed by atoms with Gasteiger partial charge in [0.05, 0.1) is 0 Å². The molecule has 1 fully saturated rings. The first-order valence-electron chi connectivity index (χ1n) is 4.62. The van der Waals surface area contributed by atoms with E-state index >= 15 is 0 Å². The molecule has 1 aliphatic rings. The van der Waals surface area contributed by atoms with E-state index in [2.05, 4.69) is 5.32 Å². The van der Waals surface area contributed by atoms with Crippen molar-refractivity contribution >= 4 is 0 Å². The van der Waals surface area contributed by atoms with Crippen LogP contribution in [0.25, 0.3) is 0 Å². The van der Waals surface area contributed by atoms with Gasteiger partial charge >= 0.3 is 6.18 Å². The molecular formula is C9H14F3N3. The Labute approximate surface area is 86.0 Å². The molecule has 0 aromatic heterocycles. The second-order valence-corrected chi connectivity index (χ2v) is 3.52. The third-order valence-electron chi connectivity index (χ3n) is 1.98. The Hall–Kier alpha value is -1.17. The molecule has 5 N–H and O–H groups in total. The molecule has 3 nitrogen and oxygen atoms in total. The van der Waals surface area contributed by atoms with Crippen molar-refractivity contribution < 1.29 is 13.2 Å². The van der Waals surface area contributed by atoms with Crippen molar-refractivity contribution in [2.45, 2.75) is 25.1 Å². The molecule has 0 bridgehead atoms. The Balaban J connectivity index is 2.39. The summed E-state index contributed by atoms with van der Waals surface area (Å²) >= 11 is 0. The lowest BCUT2D eigenvalue weighted by molar-refractivity contribution is -0.0926. The van der Waals surface area contributed by atoms with E-state index in [1.54, 1.807) is 0 Å². The summed E-state index contributed by atoms with van der Waals surface area (Å²) in [5, 5.41) is 3.07. The fourth-order valence-electron chi connectivity index (χ4n) is 0.900. The molecule has 0 aromatic rings. The van der Waals surface area contributed by atoms with Gasteiger partial charge in [0.25, 0.3) is 0 Å². The van der Waals surface area contributed by atoms with E-state index < -0.39 is 11.9 Å². The highest BCUT2D eigenvalue weighted by atomic mass is 19.4. The van der Waals surface area contributed by atoms with E-state index in [-0.39, 0.29) is 0 Å². The van der Waals surface area contributed by atoms with Crippen LogP contribution in [-0.4, -0.2) is 18.8 Å². The zero-order valence-electron chi connectivity index (χ0n) is 8.14. The van der Waals surface area contributed by atoms with Gasteiger partial charge in [-0.15, -0.1) is 0 Å². The first-order valence-corrected chi connectivity index (χ1v) is 4.62. The smallest absolute Gasteiger partial charge is 0.401 e. The maximum absolute atomic E-state index is 11.9. The molecule has 15 heavy (non-hydrogen) atoms. The first-order chi connectivity index (χ1) is 6.89. The van der Waals surface area contributed by atoms with Crippen molar-refractivity contribution in [1.82, 2.24) is 5.32 Å². The lowest BCUT2D eigenvalue weighted by Gasteiger charge is -2.05. The average molecular weight is 221 g/mol. The summed E-state index contributed by atoms with van der Waals surface area (Å²) < 4.78 is 35.8. The molecule has 0 aromatic carbocycles. The second-order valence-electron chi connectivity index (χ2n) is 3.52. The van der Waals surface area contributed by atoms with E-state index in [9.17, 15) is 13.2 Å². The van der Waals surface area contributed by atoms with Crippen molar-refractivity contribution in [2.24, 2.45) is 11.5 Å². The SMILES string of the molecule is N/C(=C\C=C(/N)C(F)(F)F)CNC1CC1. The summed E-state index contributed by atoms with van der Waals surface area (Å²) in [6, 6.07) is 0.473. The van der Waals surface area contributed by atoms with Crippen LogP contribution in [0.2, 0.25) is 0 Å². The summed E-state index contributed by atoms with van der Waals surface area (Å²) in [5.41, 5.74) is 9.46. The molecule has 86 valence electrons. The minimum atomic E-state index is -4.49. The highest BCUT2D eigenvalue weighted by Gasteiger charge is 2.30. The lowest BCUT2D eigenvalue weighted by Crippen LogP contribution is -2.23. The third kappa shape index (κ3) is 4.73. The molecule has 0 saturated heterocycles. The Kier molecular flexibility index (Phi) is 3.62. The van der Waals surface area contributed by atoms with E-state index in [1.807, 2.05) is 0 Å². The largest absolute Gasteiger partial charge is 0.430 e. The van der Waals surface area contributed by atoms with Gasteiger partial charge in [0.15, 0.2) is 0 Å². The average Bonchev–Trinajstić information content (AvgIpc) is 2.92. The number of nitrogens with one attached hydrogen (secondary N) is 1. The summed E-state index contributed by atoms with van der Waals surface area (Å²) in [7, 11) is 0. The number of halogens is 3. The summed E-state index contributed by atoms with van der Waals surface area (Å²) in [4.78, 5) is 0. The van der Waals surface area contributed by atoms with E-state index in [0.29, 0.717) is 18.3 Å². The molecule has 1 saturated carbocycles. The molecular weight excluding hydrogens is 207 g/mol. The van der Waals surface area contributed by atoms with Gasteiger partial charge in [0, 0.05) is 18.3 Å². The van der Waals surface area contributed by atoms with E-state index in [4.69, 9.17) is 11.5 Å². The van der Waals surface area contributed by atoms with Crippen molar-refractivity contribution in [1.29, 1.82) is 0 Å². The first kappa shape index (κ1) is 11.9. The Morgan fingerprint density at radius 1 is 1.27 bits per heavy atom. The number of nitrogens with two attached hydrogens (primary N) is 2. The number of alkyl halides is 3. The molecule has 0 aliphatic heterocycles.